The number of azo groups is 1. The molecule has 4 heteroatoms. The summed E-state index contributed by atoms with van der Waals surface area (Å²) >= 11 is 0. The molecule has 0 aliphatic carbocycles. The number of hydrogen-bond donors (Lipinski definition) is 0. The Labute approximate surface area is 172 Å². The molecule has 30 heavy (non-hydrogen) atoms. The molecule has 6 rings (SSSR count). The number of hydrogen-bond acceptors (Lipinski definition) is 4. The molecule has 4 aromatic carbocycles. The van der Waals surface area contributed by atoms with E-state index < -0.39 is 0 Å². The second-order valence-corrected chi connectivity index (χ2v) is 7.25. The molecule has 0 saturated carbocycles. The fraction of sp³-hybridized carbons (Fsp3) is 0. The molecule has 2 aromatic heterocycles. The van der Waals surface area contributed by atoms with Gasteiger partial charge in [0.15, 0.2) is 0 Å². The van der Waals surface area contributed by atoms with E-state index in [1.807, 2.05) is 72.8 Å². The molecular formula is C26H16N4. The van der Waals surface area contributed by atoms with Crippen LogP contribution in [-0.2, 0) is 0 Å². The first-order valence-corrected chi connectivity index (χ1v) is 9.84. The van der Waals surface area contributed by atoms with Crippen LogP contribution in [0.25, 0.3) is 43.6 Å². The van der Waals surface area contributed by atoms with Gasteiger partial charge in [0, 0.05) is 21.5 Å². The van der Waals surface area contributed by atoms with Gasteiger partial charge in [-0.15, -0.1) is 10.2 Å². The zero-order chi connectivity index (χ0) is 19.9. The molecule has 0 aliphatic rings. The summed E-state index contributed by atoms with van der Waals surface area (Å²) in [6, 6.07) is 32.4. The Hall–Kier alpha value is -4.18. The van der Waals surface area contributed by atoms with E-state index in [1.54, 1.807) is 0 Å². The minimum absolute atomic E-state index is 0.802. The summed E-state index contributed by atoms with van der Waals surface area (Å²) in [6.45, 7) is 0. The minimum atomic E-state index is 0.802. The largest absolute Gasteiger partial charge is 0.248 e. The molecule has 0 radical (unpaired) electrons. The normalized spacial score (nSPS) is 11.9. The van der Waals surface area contributed by atoms with Gasteiger partial charge in [0.1, 0.15) is 0 Å². The average Bonchev–Trinajstić information content (AvgIpc) is 2.80. The second-order valence-electron chi connectivity index (χ2n) is 7.25. The number of fused-ring (bicyclic) bond motifs is 4. The number of rotatable bonds is 2. The zero-order valence-electron chi connectivity index (χ0n) is 16.0. The molecule has 0 N–H and O–H groups in total. The lowest BCUT2D eigenvalue weighted by atomic mass is 10.1. The Bertz CT molecular complexity index is 1480. The van der Waals surface area contributed by atoms with E-state index in [4.69, 9.17) is 9.97 Å². The fourth-order valence-corrected chi connectivity index (χ4v) is 3.85. The van der Waals surface area contributed by atoms with E-state index in [0.29, 0.717) is 0 Å². The van der Waals surface area contributed by atoms with Gasteiger partial charge in [-0.25, -0.2) is 9.97 Å². The van der Waals surface area contributed by atoms with E-state index in [-0.39, 0.29) is 0 Å². The third-order valence-electron chi connectivity index (χ3n) is 5.34. The predicted molar refractivity (Wildman–Crippen MR) is 123 cm³/mol. The van der Waals surface area contributed by atoms with E-state index in [2.05, 4.69) is 34.5 Å². The highest BCUT2D eigenvalue weighted by molar-refractivity contribution is 5.99. The first kappa shape index (κ1) is 16.7. The molecule has 0 saturated heterocycles. The molecule has 0 bridgehead atoms. The average molecular weight is 384 g/mol. The van der Waals surface area contributed by atoms with Gasteiger partial charge < -0.3 is 0 Å². The Morgan fingerprint density at radius 3 is 1.37 bits per heavy atom. The van der Waals surface area contributed by atoms with Crippen molar-refractivity contribution in [2.75, 3.05) is 0 Å². The third-order valence-corrected chi connectivity index (χ3v) is 5.34. The van der Waals surface area contributed by atoms with E-state index in [9.17, 15) is 0 Å². The van der Waals surface area contributed by atoms with Crippen molar-refractivity contribution < 1.29 is 0 Å². The lowest BCUT2D eigenvalue weighted by Crippen LogP contribution is -1.83. The van der Waals surface area contributed by atoms with E-state index >= 15 is 0 Å². The van der Waals surface area contributed by atoms with Crippen molar-refractivity contribution in [1.82, 2.24) is 9.97 Å². The number of aromatic nitrogens is 2. The van der Waals surface area contributed by atoms with Crippen LogP contribution < -0.4 is 0 Å². The standard InChI is InChI=1S/C26H16N4/c1-3-9-21-17(7-1)15-19-23(27-21)11-5-13-25(19)29-30-26-14-6-12-24-20(26)16-18-8-2-4-10-22(18)28-24/h1-16H. The van der Waals surface area contributed by atoms with Gasteiger partial charge >= 0.3 is 0 Å². The lowest BCUT2D eigenvalue weighted by molar-refractivity contribution is 1.25. The monoisotopic (exact) mass is 384 g/mol. The van der Waals surface area contributed by atoms with Crippen molar-refractivity contribution in [3.05, 3.63) is 97.1 Å². The van der Waals surface area contributed by atoms with E-state index in [0.717, 1.165) is 55.0 Å². The van der Waals surface area contributed by atoms with Gasteiger partial charge in [-0.2, -0.15) is 0 Å². The van der Waals surface area contributed by atoms with Gasteiger partial charge in [-0.05, 0) is 48.5 Å². The summed E-state index contributed by atoms with van der Waals surface area (Å²) in [7, 11) is 0. The summed E-state index contributed by atoms with van der Waals surface area (Å²) in [5.41, 5.74) is 5.39. The predicted octanol–water partition coefficient (Wildman–Crippen LogP) is 7.50. The van der Waals surface area contributed by atoms with Crippen molar-refractivity contribution in [2.45, 2.75) is 0 Å². The quantitative estimate of drug-likeness (QED) is 0.229. The van der Waals surface area contributed by atoms with Crippen LogP contribution in [0.5, 0.6) is 0 Å². The van der Waals surface area contributed by atoms with Gasteiger partial charge in [-0.1, -0.05) is 48.5 Å². The van der Waals surface area contributed by atoms with Crippen LogP contribution in [0.2, 0.25) is 0 Å². The number of nitrogens with zero attached hydrogens (tertiary/aromatic N) is 4. The fourth-order valence-electron chi connectivity index (χ4n) is 3.85. The molecule has 0 amide bonds. The molecule has 0 atom stereocenters. The van der Waals surface area contributed by atoms with Crippen LogP contribution in [0.3, 0.4) is 0 Å². The van der Waals surface area contributed by atoms with Gasteiger partial charge in [0.05, 0.1) is 33.4 Å². The van der Waals surface area contributed by atoms with E-state index in [1.165, 1.54) is 0 Å². The Kier molecular flexibility index (Phi) is 3.74. The lowest BCUT2D eigenvalue weighted by Gasteiger charge is -2.05. The molecule has 0 spiro atoms. The molecule has 0 aliphatic heterocycles. The molecule has 6 aromatic rings. The molecule has 0 fully saturated rings. The summed E-state index contributed by atoms with van der Waals surface area (Å²) in [5.74, 6) is 0. The molecular weight excluding hydrogens is 368 g/mol. The second kappa shape index (κ2) is 6.71. The maximum Gasteiger partial charge on any atom is 0.0951 e. The smallest absolute Gasteiger partial charge is 0.0951 e. The first-order chi connectivity index (χ1) is 14.8. The zero-order valence-corrected chi connectivity index (χ0v) is 16.0. The maximum absolute atomic E-state index is 4.77. The van der Waals surface area contributed by atoms with Gasteiger partial charge in [0.2, 0.25) is 0 Å². The van der Waals surface area contributed by atoms with Crippen molar-refractivity contribution in [3.63, 3.8) is 0 Å². The summed E-state index contributed by atoms with van der Waals surface area (Å²) in [4.78, 5) is 9.53. The van der Waals surface area contributed by atoms with Crippen LogP contribution in [0.1, 0.15) is 0 Å². The number of para-hydroxylation sites is 2. The Morgan fingerprint density at radius 2 is 0.867 bits per heavy atom. The summed E-state index contributed by atoms with van der Waals surface area (Å²) < 4.78 is 0. The topological polar surface area (TPSA) is 50.5 Å². The van der Waals surface area contributed by atoms with Crippen molar-refractivity contribution in [3.8, 4) is 0 Å². The van der Waals surface area contributed by atoms with Crippen molar-refractivity contribution >= 4 is 55.0 Å². The Morgan fingerprint density at radius 1 is 0.433 bits per heavy atom. The molecule has 140 valence electrons. The SMILES string of the molecule is c1ccc2nc3cccc(N=Nc4cccc5nc6ccccc6cc45)c3cc2c1. The van der Waals surface area contributed by atoms with Gasteiger partial charge in [0.25, 0.3) is 0 Å². The van der Waals surface area contributed by atoms with Crippen LogP contribution in [-0.4, -0.2) is 9.97 Å². The minimum Gasteiger partial charge on any atom is -0.248 e. The highest BCUT2D eigenvalue weighted by atomic mass is 15.1. The molecule has 4 nitrogen and oxygen atoms in total. The molecule has 0 unspecified atom stereocenters. The number of benzene rings is 4. The summed E-state index contributed by atoms with van der Waals surface area (Å²) in [5, 5.41) is 13.4. The third kappa shape index (κ3) is 2.78. The van der Waals surface area contributed by atoms with Crippen molar-refractivity contribution in [1.29, 1.82) is 0 Å². The van der Waals surface area contributed by atoms with Crippen molar-refractivity contribution in [2.24, 2.45) is 10.2 Å². The highest BCUT2D eigenvalue weighted by Gasteiger charge is 2.06. The highest BCUT2D eigenvalue weighted by Crippen LogP contribution is 2.32. The number of pyridine rings is 2. The van der Waals surface area contributed by atoms with Gasteiger partial charge in [-0.3, -0.25) is 0 Å². The maximum atomic E-state index is 4.77. The van der Waals surface area contributed by atoms with Crippen LogP contribution >= 0.6 is 0 Å². The molecule has 2 heterocycles. The first-order valence-electron chi connectivity index (χ1n) is 9.84. The van der Waals surface area contributed by atoms with Crippen LogP contribution in [0.4, 0.5) is 11.4 Å². The van der Waals surface area contributed by atoms with Crippen LogP contribution in [0.15, 0.2) is 107 Å². The Balaban J connectivity index is 1.51. The summed E-state index contributed by atoms with van der Waals surface area (Å²) in [6.07, 6.45) is 0. The van der Waals surface area contributed by atoms with Crippen LogP contribution in [0, 0.1) is 0 Å².